The largest absolute Gasteiger partial charge is 0.379 e. The van der Waals surface area contributed by atoms with E-state index in [2.05, 4.69) is 9.73 Å². The minimum absolute atomic E-state index is 0.0231. The van der Waals surface area contributed by atoms with Crippen molar-refractivity contribution in [1.29, 1.82) is 0 Å². The Morgan fingerprint density at radius 1 is 2.00 bits per heavy atom. The van der Waals surface area contributed by atoms with Crippen molar-refractivity contribution in [1.82, 2.24) is 0 Å². The second-order valence-corrected chi connectivity index (χ2v) is 3.22. The van der Waals surface area contributed by atoms with Gasteiger partial charge in [0.1, 0.15) is 0 Å². The molecule has 0 saturated carbocycles. The lowest BCUT2D eigenvalue weighted by molar-refractivity contribution is -0.0713. The first-order valence-corrected chi connectivity index (χ1v) is 3.79. The number of hydrogen-bond acceptors (Lipinski definition) is 5. The van der Waals surface area contributed by atoms with Gasteiger partial charge in [-0.15, -0.1) is 0 Å². The van der Waals surface area contributed by atoms with Crippen LogP contribution in [0.1, 0.15) is 0 Å². The number of hydrogen-bond donors (Lipinski definition) is 2. The minimum Gasteiger partial charge on any atom is -0.379 e. The van der Waals surface area contributed by atoms with Crippen LogP contribution in [0.2, 0.25) is 0 Å². The van der Waals surface area contributed by atoms with E-state index < -0.39 is 6.29 Å². The van der Waals surface area contributed by atoms with Crippen molar-refractivity contribution in [2.24, 2.45) is 10.7 Å². The van der Waals surface area contributed by atoms with Crippen molar-refractivity contribution in [3.05, 3.63) is 0 Å². The van der Waals surface area contributed by atoms with Crippen molar-refractivity contribution < 1.29 is 9.84 Å². The number of rotatable bonds is 2. The van der Waals surface area contributed by atoms with E-state index in [1.54, 1.807) is 0 Å². The van der Waals surface area contributed by atoms with Gasteiger partial charge >= 0.3 is 0 Å². The van der Waals surface area contributed by atoms with E-state index in [1.165, 1.54) is 18.9 Å². The predicted octanol–water partition coefficient (Wildman–Crippen LogP) is -0.619. The van der Waals surface area contributed by atoms with E-state index in [4.69, 9.17) is 10.8 Å². The number of amidine groups is 1. The van der Waals surface area contributed by atoms with E-state index in [-0.39, 0.29) is 5.25 Å². The molecule has 4 nitrogen and oxygen atoms in total. The molecule has 5 heteroatoms. The number of methoxy groups -OCH3 is 1. The van der Waals surface area contributed by atoms with Gasteiger partial charge in [0.05, 0.1) is 11.8 Å². The molecule has 1 rings (SSSR count). The lowest BCUT2D eigenvalue weighted by Gasteiger charge is -2.13. The van der Waals surface area contributed by atoms with Gasteiger partial charge in [-0.25, -0.2) is 0 Å². The molecule has 0 aromatic carbocycles. The number of aliphatic imine (C=N–C) groups is 1. The lowest BCUT2D eigenvalue weighted by Crippen LogP contribution is -2.25. The van der Waals surface area contributed by atoms with Crippen LogP contribution in [0.3, 0.4) is 0 Å². The van der Waals surface area contributed by atoms with E-state index in [1.807, 2.05) is 0 Å². The Morgan fingerprint density at radius 3 is 3.10 bits per heavy atom. The summed E-state index contributed by atoms with van der Waals surface area (Å²) in [5, 5.41) is 9.61. The highest BCUT2D eigenvalue weighted by Gasteiger charge is 2.24. The summed E-state index contributed by atoms with van der Waals surface area (Å²) in [6.45, 7) is 0.547. The summed E-state index contributed by atoms with van der Waals surface area (Å²) in [5.41, 5.74) is 5.36. The second kappa shape index (κ2) is 3.23. The maximum Gasteiger partial charge on any atom is 0.168 e. The molecule has 58 valence electrons. The molecule has 1 aliphatic heterocycles. The summed E-state index contributed by atoms with van der Waals surface area (Å²) in [6.07, 6.45) is -0.755. The van der Waals surface area contributed by atoms with Gasteiger partial charge in [-0.1, -0.05) is 11.8 Å². The van der Waals surface area contributed by atoms with Gasteiger partial charge < -0.3 is 15.6 Å². The van der Waals surface area contributed by atoms with E-state index in [9.17, 15) is 0 Å². The maximum absolute atomic E-state index is 9.10. The monoisotopic (exact) mass is 162 g/mol. The first kappa shape index (κ1) is 7.84. The summed E-state index contributed by atoms with van der Waals surface area (Å²) in [4.78, 5) is 3.90. The van der Waals surface area contributed by atoms with Gasteiger partial charge in [-0.2, -0.15) is 0 Å². The fraction of sp³-hybridized carbons (Fsp3) is 0.800. The highest BCUT2D eigenvalue weighted by Crippen LogP contribution is 2.21. The molecule has 0 aromatic heterocycles. The summed E-state index contributed by atoms with van der Waals surface area (Å²) in [6, 6.07) is 0. The van der Waals surface area contributed by atoms with Gasteiger partial charge in [-0.3, -0.25) is 4.99 Å². The summed E-state index contributed by atoms with van der Waals surface area (Å²) in [5.74, 6) is 0. The molecule has 3 N–H and O–H groups in total. The predicted molar refractivity (Wildman–Crippen MR) is 40.9 cm³/mol. The summed E-state index contributed by atoms with van der Waals surface area (Å²) in [7, 11) is 1.46. The third-order valence-electron chi connectivity index (χ3n) is 1.26. The van der Waals surface area contributed by atoms with Crippen molar-refractivity contribution in [3.63, 3.8) is 0 Å². The van der Waals surface area contributed by atoms with Crippen molar-refractivity contribution in [2.75, 3.05) is 13.7 Å². The van der Waals surface area contributed by atoms with Crippen LogP contribution in [-0.2, 0) is 4.74 Å². The summed E-state index contributed by atoms with van der Waals surface area (Å²) >= 11 is 1.35. The fourth-order valence-electron chi connectivity index (χ4n) is 0.710. The molecule has 0 aliphatic carbocycles. The Balaban J connectivity index is 2.34. The number of aliphatic hydroxyl groups excluding tert-OH is 1. The van der Waals surface area contributed by atoms with Crippen molar-refractivity contribution >= 4 is 16.9 Å². The lowest BCUT2D eigenvalue weighted by atomic mass is 10.4. The molecule has 0 saturated heterocycles. The SMILES string of the molecule is COC(O)[C@H]1CN=C(N)S1. The minimum atomic E-state index is -0.755. The van der Waals surface area contributed by atoms with Gasteiger partial charge in [-0.05, 0) is 0 Å². The Kier molecular flexibility index (Phi) is 2.53. The Bertz CT molecular complexity index is 151. The smallest absolute Gasteiger partial charge is 0.168 e. The van der Waals surface area contributed by atoms with Crippen LogP contribution in [0.15, 0.2) is 4.99 Å². The zero-order valence-electron chi connectivity index (χ0n) is 5.65. The van der Waals surface area contributed by atoms with Crippen LogP contribution in [0.25, 0.3) is 0 Å². The quantitative estimate of drug-likeness (QED) is 0.531. The molecule has 0 spiro atoms. The van der Waals surface area contributed by atoms with Crippen LogP contribution in [0.5, 0.6) is 0 Å². The molecule has 0 aromatic rings. The van der Waals surface area contributed by atoms with Crippen LogP contribution in [-0.4, -0.2) is 35.5 Å². The summed E-state index contributed by atoms with van der Waals surface area (Å²) < 4.78 is 4.69. The number of aliphatic hydroxyl groups is 1. The molecule has 0 fully saturated rings. The average molecular weight is 162 g/mol. The first-order valence-electron chi connectivity index (χ1n) is 2.91. The van der Waals surface area contributed by atoms with Gasteiger partial charge in [0.15, 0.2) is 11.5 Å². The maximum atomic E-state index is 9.10. The Hall–Kier alpha value is -0.260. The standard InChI is InChI=1S/C5H10N2O2S/c1-9-4(8)3-2-7-5(6)10-3/h3-4,8H,2H2,1H3,(H2,6,7)/t3-,4?/m1/s1. The Labute approximate surface area is 63.5 Å². The van der Waals surface area contributed by atoms with E-state index in [0.29, 0.717) is 11.7 Å². The fourth-order valence-corrected chi connectivity index (χ4v) is 1.55. The Morgan fingerprint density at radius 2 is 2.70 bits per heavy atom. The zero-order chi connectivity index (χ0) is 7.56. The number of nitrogens with zero attached hydrogens (tertiary/aromatic N) is 1. The topological polar surface area (TPSA) is 67.8 Å². The van der Waals surface area contributed by atoms with Crippen LogP contribution in [0.4, 0.5) is 0 Å². The second-order valence-electron chi connectivity index (χ2n) is 1.96. The molecular formula is C5H10N2O2S. The van der Waals surface area contributed by atoms with Crippen LogP contribution in [0, 0.1) is 0 Å². The molecule has 2 atom stereocenters. The zero-order valence-corrected chi connectivity index (χ0v) is 6.47. The molecular weight excluding hydrogens is 152 g/mol. The van der Waals surface area contributed by atoms with Crippen LogP contribution < -0.4 is 5.73 Å². The van der Waals surface area contributed by atoms with E-state index >= 15 is 0 Å². The molecule has 0 radical (unpaired) electrons. The molecule has 1 heterocycles. The number of thioether (sulfide) groups is 1. The highest BCUT2D eigenvalue weighted by molar-refractivity contribution is 8.14. The number of nitrogens with two attached hydrogens (primary N) is 1. The molecule has 0 bridgehead atoms. The van der Waals surface area contributed by atoms with Gasteiger partial charge in [0.25, 0.3) is 0 Å². The highest BCUT2D eigenvalue weighted by atomic mass is 32.2. The average Bonchev–Trinajstić information content (AvgIpc) is 2.34. The van der Waals surface area contributed by atoms with Crippen molar-refractivity contribution in [2.45, 2.75) is 11.5 Å². The molecule has 1 aliphatic rings. The first-order chi connectivity index (χ1) is 4.74. The third kappa shape index (κ3) is 1.62. The molecule has 10 heavy (non-hydrogen) atoms. The van der Waals surface area contributed by atoms with E-state index in [0.717, 1.165) is 0 Å². The number of ether oxygens (including phenoxy) is 1. The van der Waals surface area contributed by atoms with Crippen molar-refractivity contribution in [3.8, 4) is 0 Å². The molecule has 0 amide bonds. The molecule has 1 unspecified atom stereocenters. The van der Waals surface area contributed by atoms with Gasteiger partial charge in [0.2, 0.25) is 0 Å². The van der Waals surface area contributed by atoms with Gasteiger partial charge in [0, 0.05) is 7.11 Å². The third-order valence-corrected chi connectivity index (χ3v) is 2.31. The van der Waals surface area contributed by atoms with Crippen LogP contribution >= 0.6 is 11.8 Å². The normalized spacial score (nSPS) is 28.2.